The van der Waals surface area contributed by atoms with E-state index in [1.807, 2.05) is 6.07 Å². The van der Waals surface area contributed by atoms with E-state index in [2.05, 4.69) is 27.9 Å². The third-order valence-electron chi connectivity index (χ3n) is 2.96. The van der Waals surface area contributed by atoms with E-state index >= 15 is 0 Å². The molecule has 0 amide bonds. The van der Waals surface area contributed by atoms with Crippen molar-refractivity contribution in [3.05, 3.63) is 38.3 Å². The van der Waals surface area contributed by atoms with Crippen LogP contribution in [0, 0.1) is 16.0 Å². The number of rotatable bonds is 5. The van der Waals surface area contributed by atoms with Crippen LogP contribution in [0.4, 0.5) is 5.69 Å². The van der Waals surface area contributed by atoms with Crippen molar-refractivity contribution in [1.82, 2.24) is 4.90 Å². The van der Waals surface area contributed by atoms with Crippen LogP contribution in [-0.4, -0.2) is 23.4 Å². The zero-order valence-corrected chi connectivity index (χ0v) is 11.3. The highest BCUT2D eigenvalue weighted by Crippen LogP contribution is 2.32. The monoisotopic (exact) mass is 298 g/mol. The Morgan fingerprint density at radius 3 is 2.82 bits per heavy atom. The summed E-state index contributed by atoms with van der Waals surface area (Å²) in [6, 6.07) is 5.19. The van der Waals surface area contributed by atoms with Gasteiger partial charge >= 0.3 is 0 Å². The summed E-state index contributed by atoms with van der Waals surface area (Å²) in [5.74, 6) is 0.831. The minimum absolute atomic E-state index is 0.141. The van der Waals surface area contributed by atoms with E-state index in [9.17, 15) is 10.1 Å². The number of nitro groups is 1. The smallest absolute Gasteiger partial charge is 0.283 e. The van der Waals surface area contributed by atoms with Gasteiger partial charge < -0.3 is 4.90 Å². The molecule has 0 saturated heterocycles. The van der Waals surface area contributed by atoms with Crippen molar-refractivity contribution >= 4 is 21.6 Å². The van der Waals surface area contributed by atoms with Crippen LogP contribution in [0.5, 0.6) is 0 Å². The van der Waals surface area contributed by atoms with Crippen LogP contribution in [0.1, 0.15) is 18.4 Å². The molecular formula is C12H15BrN2O2. The lowest BCUT2D eigenvalue weighted by molar-refractivity contribution is -0.385. The Hall–Kier alpha value is -0.940. The Morgan fingerprint density at radius 1 is 1.53 bits per heavy atom. The second-order valence-electron chi connectivity index (χ2n) is 4.65. The molecule has 1 aliphatic rings. The summed E-state index contributed by atoms with van der Waals surface area (Å²) >= 11 is 3.32. The van der Waals surface area contributed by atoms with Gasteiger partial charge in [0, 0.05) is 19.2 Å². The second-order valence-corrected chi connectivity index (χ2v) is 5.44. The minimum Gasteiger partial charge on any atom is -0.302 e. The van der Waals surface area contributed by atoms with E-state index in [1.54, 1.807) is 6.07 Å². The van der Waals surface area contributed by atoms with Crippen LogP contribution in [-0.2, 0) is 6.54 Å². The van der Waals surface area contributed by atoms with Crippen LogP contribution < -0.4 is 0 Å². The van der Waals surface area contributed by atoms with Gasteiger partial charge in [-0.15, -0.1) is 0 Å². The van der Waals surface area contributed by atoms with Crippen molar-refractivity contribution in [3.63, 3.8) is 0 Å². The standard InChI is InChI=1S/C12H15BrN2O2/c1-14(7-9-5-6-9)8-10-3-2-4-11(12(10)13)15(16)17/h2-4,9H,5-8H2,1H3. The lowest BCUT2D eigenvalue weighted by Crippen LogP contribution is -2.20. The van der Waals surface area contributed by atoms with Gasteiger partial charge in [0.15, 0.2) is 0 Å². The first-order valence-electron chi connectivity index (χ1n) is 5.68. The van der Waals surface area contributed by atoms with E-state index < -0.39 is 0 Å². The Balaban J connectivity index is 2.08. The second kappa shape index (κ2) is 5.14. The maximum absolute atomic E-state index is 10.8. The van der Waals surface area contributed by atoms with Gasteiger partial charge in [0.2, 0.25) is 0 Å². The predicted octanol–water partition coefficient (Wildman–Crippen LogP) is 3.20. The summed E-state index contributed by atoms with van der Waals surface area (Å²) in [4.78, 5) is 12.7. The molecule has 0 unspecified atom stereocenters. The third-order valence-corrected chi connectivity index (χ3v) is 3.88. The molecule has 1 aromatic carbocycles. The molecule has 0 N–H and O–H groups in total. The molecule has 1 aliphatic carbocycles. The number of nitro benzene ring substituents is 1. The summed E-state index contributed by atoms with van der Waals surface area (Å²) in [6.45, 7) is 1.83. The molecule has 1 fully saturated rings. The van der Waals surface area contributed by atoms with Crippen molar-refractivity contribution in [1.29, 1.82) is 0 Å². The maximum atomic E-state index is 10.8. The summed E-state index contributed by atoms with van der Waals surface area (Å²) in [5, 5.41) is 10.8. The quantitative estimate of drug-likeness (QED) is 0.619. The molecule has 92 valence electrons. The first-order valence-corrected chi connectivity index (χ1v) is 6.47. The maximum Gasteiger partial charge on any atom is 0.283 e. The zero-order valence-electron chi connectivity index (χ0n) is 9.73. The molecule has 5 heteroatoms. The molecule has 0 atom stereocenters. The van der Waals surface area contributed by atoms with Crippen molar-refractivity contribution in [2.45, 2.75) is 19.4 Å². The Kier molecular flexibility index (Phi) is 3.79. The number of hydrogen-bond acceptors (Lipinski definition) is 3. The third kappa shape index (κ3) is 3.26. The highest BCUT2D eigenvalue weighted by atomic mass is 79.9. The van der Waals surface area contributed by atoms with Crippen molar-refractivity contribution < 1.29 is 4.92 Å². The normalized spacial score (nSPS) is 15.2. The Labute approximate surface area is 109 Å². The average molecular weight is 299 g/mol. The fourth-order valence-electron chi connectivity index (χ4n) is 1.93. The zero-order chi connectivity index (χ0) is 12.4. The van der Waals surface area contributed by atoms with Crippen molar-refractivity contribution in [2.24, 2.45) is 5.92 Å². The fraction of sp³-hybridized carbons (Fsp3) is 0.500. The number of nitrogens with zero attached hydrogens (tertiary/aromatic N) is 2. The van der Waals surface area contributed by atoms with Gasteiger partial charge in [-0.1, -0.05) is 12.1 Å². The van der Waals surface area contributed by atoms with Gasteiger partial charge in [-0.25, -0.2) is 0 Å². The summed E-state index contributed by atoms with van der Waals surface area (Å²) in [7, 11) is 2.06. The van der Waals surface area contributed by atoms with E-state index in [0.29, 0.717) is 4.47 Å². The number of halogens is 1. The molecule has 4 nitrogen and oxygen atoms in total. The van der Waals surface area contributed by atoms with Gasteiger partial charge in [-0.3, -0.25) is 10.1 Å². The summed E-state index contributed by atoms with van der Waals surface area (Å²) in [5.41, 5.74) is 1.12. The SMILES string of the molecule is CN(Cc1cccc([N+](=O)[O-])c1Br)CC1CC1. The van der Waals surface area contributed by atoms with Gasteiger partial charge in [0.25, 0.3) is 5.69 Å². The fourth-order valence-corrected chi connectivity index (χ4v) is 2.46. The van der Waals surface area contributed by atoms with Gasteiger partial charge in [-0.05, 0) is 47.3 Å². The predicted molar refractivity (Wildman–Crippen MR) is 69.9 cm³/mol. The molecule has 1 saturated carbocycles. The van der Waals surface area contributed by atoms with E-state index in [-0.39, 0.29) is 10.6 Å². The topological polar surface area (TPSA) is 46.4 Å². The van der Waals surface area contributed by atoms with Crippen LogP contribution >= 0.6 is 15.9 Å². The van der Waals surface area contributed by atoms with Crippen molar-refractivity contribution in [2.75, 3.05) is 13.6 Å². The highest BCUT2D eigenvalue weighted by molar-refractivity contribution is 9.10. The number of benzene rings is 1. The molecule has 0 radical (unpaired) electrons. The summed E-state index contributed by atoms with van der Waals surface area (Å²) in [6.07, 6.45) is 2.64. The minimum atomic E-state index is -0.353. The molecule has 0 aromatic heterocycles. The van der Waals surface area contributed by atoms with E-state index in [1.165, 1.54) is 18.9 Å². The molecule has 0 spiro atoms. The van der Waals surface area contributed by atoms with E-state index in [0.717, 1.165) is 24.6 Å². The van der Waals surface area contributed by atoms with Crippen molar-refractivity contribution in [3.8, 4) is 0 Å². The Morgan fingerprint density at radius 2 is 2.24 bits per heavy atom. The molecule has 1 aromatic rings. The lowest BCUT2D eigenvalue weighted by Gasteiger charge is -2.16. The van der Waals surface area contributed by atoms with Gasteiger partial charge in [0.05, 0.1) is 9.40 Å². The first-order chi connectivity index (χ1) is 8.08. The van der Waals surface area contributed by atoms with Crippen LogP contribution in [0.25, 0.3) is 0 Å². The molecule has 17 heavy (non-hydrogen) atoms. The molecule has 2 rings (SSSR count). The molecule has 0 bridgehead atoms. The molecular weight excluding hydrogens is 284 g/mol. The van der Waals surface area contributed by atoms with Crippen LogP contribution in [0.2, 0.25) is 0 Å². The lowest BCUT2D eigenvalue weighted by atomic mass is 10.2. The first kappa shape index (κ1) is 12.5. The van der Waals surface area contributed by atoms with Crippen LogP contribution in [0.15, 0.2) is 22.7 Å². The highest BCUT2D eigenvalue weighted by Gasteiger charge is 2.23. The van der Waals surface area contributed by atoms with Gasteiger partial charge in [-0.2, -0.15) is 0 Å². The van der Waals surface area contributed by atoms with E-state index in [4.69, 9.17) is 0 Å². The Bertz CT molecular complexity index is 433. The molecule has 0 heterocycles. The van der Waals surface area contributed by atoms with Gasteiger partial charge in [0.1, 0.15) is 0 Å². The number of hydrogen-bond donors (Lipinski definition) is 0. The largest absolute Gasteiger partial charge is 0.302 e. The van der Waals surface area contributed by atoms with Crippen LogP contribution in [0.3, 0.4) is 0 Å². The summed E-state index contributed by atoms with van der Waals surface area (Å²) < 4.78 is 0.604. The molecule has 0 aliphatic heterocycles. The average Bonchev–Trinajstić information content (AvgIpc) is 3.04.